The molecule has 0 aromatic heterocycles. The molecule has 1 aromatic rings. The first kappa shape index (κ1) is 13.6. The molecule has 0 spiro atoms. The average Bonchev–Trinajstić information content (AvgIpc) is 2.64. The Labute approximate surface area is 125 Å². The van der Waals surface area contributed by atoms with E-state index >= 15 is 0 Å². The van der Waals surface area contributed by atoms with Crippen LogP contribution in [-0.4, -0.2) is 29.1 Å². The molecule has 1 unspecified atom stereocenters. The molecule has 1 aliphatic carbocycles. The predicted octanol–water partition coefficient (Wildman–Crippen LogP) is 3.21. The van der Waals surface area contributed by atoms with Gasteiger partial charge in [0, 0.05) is 17.2 Å². The summed E-state index contributed by atoms with van der Waals surface area (Å²) in [4.78, 5) is 18.7. The fourth-order valence-corrected chi connectivity index (χ4v) is 2.80. The number of benzene rings is 1. The Balaban J connectivity index is 2.17. The summed E-state index contributed by atoms with van der Waals surface area (Å²) in [6.07, 6.45) is 9.54. The van der Waals surface area contributed by atoms with E-state index in [0.29, 0.717) is 0 Å². The molecule has 1 atom stereocenters. The number of fused-ring (bicyclic) bond motifs is 1. The van der Waals surface area contributed by atoms with Crippen LogP contribution in [0.4, 0.5) is 0 Å². The Kier molecular flexibility index (Phi) is 3.57. The van der Waals surface area contributed by atoms with E-state index in [1.807, 2.05) is 61.2 Å². The molecule has 0 saturated carbocycles. The van der Waals surface area contributed by atoms with Crippen LogP contribution in [0.2, 0.25) is 0 Å². The minimum absolute atomic E-state index is 0.0432. The lowest BCUT2D eigenvalue weighted by molar-refractivity contribution is -0.125. The largest absolute Gasteiger partial charge is 0.325 e. The van der Waals surface area contributed by atoms with Gasteiger partial charge in [-0.25, -0.2) is 0 Å². The molecule has 106 valence electrons. The van der Waals surface area contributed by atoms with Crippen LogP contribution in [0, 0.1) is 0 Å². The Morgan fingerprint density at radius 1 is 1.14 bits per heavy atom. The Morgan fingerprint density at radius 2 is 1.90 bits per heavy atom. The maximum Gasteiger partial charge on any atom is 0.266 e. The van der Waals surface area contributed by atoms with E-state index in [1.165, 1.54) is 6.21 Å². The summed E-state index contributed by atoms with van der Waals surface area (Å²) in [5, 5.41) is 0. The number of hydrogen-bond acceptors (Lipinski definition) is 2. The van der Waals surface area contributed by atoms with Crippen LogP contribution >= 0.6 is 0 Å². The van der Waals surface area contributed by atoms with Crippen LogP contribution in [0.3, 0.4) is 0 Å². The Morgan fingerprint density at radius 3 is 2.62 bits per heavy atom. The monoisotopic (exact) mass is 278 g/mol. The van der Waals surface area contributed by atoms with Crippen molar-refractivity contribution in [2.45, 2.75) is 25.9 Å². The van der Waals surface area contributed by atoms with Crippen molar-refractivity contribution in [1.82, 2.24) is 4.90 Å². The number of allylic oxidation sites excluding steroid dienone is 2. The highest BCUT2D eigenvalue weighted by Gasteiger charge is 2.30. The van der Waals surface area contributed by atoms with Crippen LogP contribution in [0.15, 0.2) is 65.2 Å². The second kappa shape index (κ2) is 5.52. The Hall–Kier alpha value is -2.42. The van der Waals surface area contributed by atoms with Crippen molar-refractivity contribution in [1.29, 1.82) is 0 Å². The van der Waals surface area contributed by atoms with Crippen LogP contribution in [0.1, 0.15) is 19.4 Å². The molecule has 0 fully saturated rings. The molecule has 1 aliphatic heterocycles. The van der Waals surface area contributed by atoms with E-state index in [9.17, 15) is 4.79 Å². The molecule has 0 N–H and O–H groups in total. The van der Waals surface area contributed by atoms with E-state index < -0.39 is 0 Å². The molecule has 21 heavy (non-hydrogen) atoms. The van der Waals surface area contributed by atoms with Crippen molar-refractivity contribution in [2.24, 2.45) is 4.99 Å². The first-order valence-electron chi connectivity index (χ1n) is 7.19. The maximum absolute atomic E-state index is 12.4. The topological polar surface area (TPSA) is 32.7 Å². The van der Waals surface area contributed by atoms with Gasteiger partial charge in [-0.2, -0.15) is 0 Å². The third kappa shape index (κ3) is 2.47. The maximum atomic E-state index is 12.4. The SMILES string of the molecule is CC(C)N1C(=O)C=NC(c2ccccc2)=C2C=CC=CC21. The standard InChI is InChI=1S/C18H18N2O/c1-13(2)20-16-11-7-6-10-15(16)18(19-12-17(20)21)14-8-4-3-5-9-14/h3-13,16H,1-2H3. The Bertz CT molecular complexity index is 666. The van der Waals surface area contributed by atoms with E-state index in [2.05, 4.69) is 17.1 Å². The highest BCUT2D eigenvalue weighted by molar-refractivity contribution is 6.28. The van der Waals surface area contributed by atoms with Crippen molar-refractivity contribution in [3.05, 3.63) is 65.8 Å². The third-order valence-corrected chi connectivity index (χ3v) is 3.73. The number of rotatable bonds is 2. The molecule has 1 heterocycles. The number of carbonyl (C=O) groups excluding carboxylic acids is 1. The zero-order valence-corrected chi connectivity index (χ0v) is 12.2. The average molecular weight is 278 g/mol. The number of carbonyl (C=O) groups is 1. The van der Waals surface area contributed by atoms with Crippen LogP contribution in [0.5, 0.6) is 0 Å². The van der Waals surface area contributed by atoms with Gasteiger partial charge in [-0.3, -0.25) is 9.79 Å². The van der Waals surface area contributed by atoms with Crippen molar-refractivity contribution >= 4 is 17.8 Å². The third-order valence-electron chi connectivity index (χ3n) is 3.73. The molecule has 0 saturated heterocycles. The number of amides is 1. The fraction of sp³-hybridized carbons (Fsp3) is 0.222. The summed E-state index contributed by atoms with van der Waals surface area (Å²) in [7, 11) is 0. The van der Waals surface area contributed by atoms with Crippen LogP contribution < -0.4 is 0 Å². The fourth-order valence-electron chi connectivity index (χ4n) is 2.80. The molecule has 3 rings (SSSR count). The van der Waals surface area contributed by atoms with Gasteiger partial charge in [0.15, 0.2) is 0 Å². The highest BCUT2D eigenvalue weighted by Crippen LogP contribution is 2.31. The summed E-state index contributed by atoms with van der Waals surface area (Å²) in [5.41, 5.74) is 2.98. The zero-order valence-electron chi connectivity index (χ0n) is 12.2. The van der Waals surface area contributed by atoms with E-state index in [0.717, 1.165) is 16.8 Å². The lowest BCUT2D eigenvalue weighted by Crippen LogP contribution is -2.45. The van der Waals surface area contributed by atoms with Gasteiger partial charge < -0.3 is 4.90 Å². The normalized spacial score (nSPS) is 21.0. The second-order valence-electron chi connectivity index (χ2n) is 5.46. The van der Waals surface area contributed by atoms with Crippen molar-refractivity contribution in [3.8, 4) is 0 Å². The predicted molar refractivity (Wildman–Crippen MR) is 85.9 cm³/mol. The van der Waals surface area contributed by atoms with Crippen LogP contribution in [0.25, 0.3) is 5.70 Å². The van der Waals surface area contributed by atoms with Gasteiger partial charge in [-0.05, 0) is 13.8 Å². The molecular weight excluding hydrogens is 260 g/mol. The second-order valence-corrected chi connectivity index (χ2v) is 5.46. The van der Waals surface area contributed by atoms with Crippen molar-refractivity contribution in [2.75, 3.05) is 0 Å². The van der Waals surface area contributed by atoms with Gasteiger partial charge in [-0.1, -0.05) is 54.6 Å². The minimum atomic E-state index is -0.0554. The highest BCUT2D eigenvalue weighted by atomic mass is 16.2. The van der Waals surface area contributed by atoms with Gasteiger partial charge >= 0.3 is 0 Å². The summed E-state index contributed by atoms with van der Waals surface area (Å²) in [6.45, 7) is 4.06. The zero-order chi connectivity index (χ0) is 14.8. The minimum Gasteiger partial charge on any atom is -0.325 e. The summed E-state index contributed by atoms with van der Waals surface area (Å²) in [5.74, 6) is -0.0432. The molecule has 3 nitrogen and oxygen atoms in total. The molecule has 0 radical (unpaired) electrons. The molecule has 3 heteroatoms. The van der Waals surface area contributed by atoms with E-state index in [1.54, 1.807) is 0 Å². The summed E-state index contributed by atoms with van der Waals surface area (Å²) >= 11 is 0. The molecule has 2 aliphatic rings. The van der Waals surface area contributed by atoms with Gasteiger partial charge in [0.25, 0.3) is 5.91 Å². The number of nitrogens with zero attached hydrogens (tertiary/aromatic N) is 2. The van der Waals surface area contributed by atoms with E-state index in [-0.39, 0.29) is 18.0 Å². The van der Waals surface area contributed by atoms with Gasteiger partial charge in [0.1, 0.15) is 0 Å². The smallest absolute Gasteiger partial charge is 0.266 e. The quantitative estimate of drug-likeness (QED) is 0.817. The first-order chi connectivity index (χ1) is 10.2. The lowest BCUT2D eigenvalue weighted by Gasteiger charge is -2.33. The number of hydrogen-bond donors (Lipinski definition) is 0. The summed E-state index contributed by atoms with van der Waals surface area (Å²) < 4.78 is 0. The van der Waals surface area contributed by atoms with E-state index in [4.69, 9.17) is 0 Å². The molecule has 1 amide bonds. The first-order valence-corrected chi connectivity index (χ1v) is 7.19. The molecular formula is C18H18N2O. The van der Waals surface area contributed by atoms with Crippen molar-refractivity contribution < 1.29 is 4.79 Å². The molecule has 0 bridgehead atoms. The van der Waals surface area contributed by atoms with Crippen LogP contribution in [-0.2, 0) is 4.79 Å². The van der Waals surface area contributed by atoms with Gasteiger partial charge in [0.05, 0.1) is 18.0 Å². The molecule has 1 aromatic carbocycles. The number of aliphatic imine (C=N–C) groups is 1. The van der Waals surface area contributed by atoms with Gasteiger partial charge in [0.2, 0.25) is 0 Å². The summed E-state index contributed by atoms with van der Waals surface area (Å²) in [6, 6.07) is 10.1. The van der Waals surface area contributed by atoms with Gasteiger partial charge in [-0.15, -0.1) is 0 Å². The lowest BCUT2D eigenvalue weighted by atomic mass is 9.95. The van der Waals surface area contributed by atoms with Crippen molar-refractivity contribution in [3.63, 3.8) is 0 Å².